The third-order valence-electron chi connectivity index (χ3n) is 2.69. The Morgan fingerprint density at radius 3 is 2.83 bits per heavy atom. The number of nitrogens with two attached hydrogens (primary N) is 2. The lowest BCUT2D eigenvalue weighted by Gasteiger charge is -2.32. The molecule has 0 spiro atoms. The highest BCUT2D eigenvalue weighted by Crippen LogP contribution is 2.24. The van der Waals surface area contributed by atoms with Gasteiger partial charge in [-0.1, -0.05) is 31.0 Å². The molecule has 1 atom stereocenters. The molecule has 0 amide bonds. The maximum Gasteiger partial charge on any atom is 0.220 e. The molecular weight excluding hydrogens is 250 g/mol. The minimum absolute atomic E-state index is 0.119. The van der Waals surface area contributed by atoms with Crippen molar-refractivity contribution in [1.29, 1.82) is 0 Å². The van der Waals surface area contributed by atoms with Crippen LogP contribution >= 0.6 is 11.6 Å². The molecule has 5 nitrogen and oxygen atoms in total. The van der Waals surface area contributed by atoms with Crippen molar-refractivity contribution in [3.05, 3.63) is 29.3 Å². The molecule has 0 unspecified atom stereocenters. The molecule has 0 fully saturated rings. The molecule has 96 valence electrons. The number of aliphatic imine (C=N–C) groups is 2. The predicted octanol–water partition coefficient (Wildman–Crippen LogP) is 1.92. The first kappa shape index (κ1) is 12.7. The summed E-state index contributed by atoms with van der Waals surface area (Å²) < 4.78 is 0. The Kier molecular flexibility index (Phi) is 3.72. The molecular formula is C12H16ClN5. The van der Waals surface area contributed by atoms with E-state index in [1.165, 1.54) is 0 Å². The lowest BCUT2D eigenvalue weighted by molar-refractivity contribution is 0.613. The molecule has 0 saturated carbocycles. The maximum atomic E-state index is 6.00. The second kappa shape index (κ2) is 5.27. The first-order valence-corrected chi connectivity index (χ1v) is 6.22. The van der Waals surface area contributed by atoms with Gasteiger partial charge in [-0.15, -0.1) is 0 Å². The fourth-order valence-corrected chi connectivity index (χ4v) is 2.13. The van der Waals surface area contributed by atoms with Gasteiger partial charge in [0.1, 0.15) is 6.17 Å². The summed E-state index contributed by atoms with van der Waals surface area (Å²) in [6.07, 6.45) is 1.71. The van der Waals surface area contributed by atoms with Gasteiger partial charge < -0.3 is 11.5 Å². The number of nitrogens with zero attached hydrogens (tertiary/aromatic N) is 3. The molecule has 0 radical (unpaired) electrons. The predicted molar refractivity (Wildman–Crippen MR) is 75.9 cm³/mol. The van der Waals surface area contributed by atoms with E-state index in [1.54, 1.807) is 0 Å². The van der Waals surface area contributed by atoms with Gasteiger partial charge in [0.25, 0.3) is 0 Å². The van der Waals surface area contributed by atoms with Crippen molar-refractivity contribution in [2.75, 3.05) is 4.90 Å². The fraction of sp³-hybridized carbons (Fsp3) is 0.333. The van der Waals surface area contributed by atoms with Crippen molar-refractivity contribution in [3.63, 3.8) is 0 Å². The van der Waals surface area contributed by atoms with Crippen LogP contribution in [-0.2, 0) is 0 Å². The monoisotopic (exact) mass is 265 g/mol. The van der Waals surface area contributed by atoms with Crippen LogP contribution in [0.2, 0.25) is 5.02 Å². The number of guanidine groups is 2. The van der Waals surface area contributed by atoms with E-state index in [-0.39, 0.29) is 12.1 Å². The molecule has 1 aromatic carbocycles. The molecule has 0 saturated heterocycles. The number of benzene rings is 1. The molecule has 1 aliphatic heterocycles. The Bertz CT molecular complexity index is 497. The van der Waals surface area contributed by atoms with E-state index < -0.39 is 0 Å². The maximum absolute atomic E-state index is 6.00. The number of anilines is 1. The quantitative estimate of drug-likeness (QED) is 0.876. The van der Waals surface area contributed by atoms with Gasteiger partial charge in [-0.05, 0) is 24.6 Å². The average molecular weight is 266 g/mol. The molecule has 2 rings (SSSR count). The fourth-order valence-electron chi connectivity index (χ4n) is 1.95. The third kappa shape index (κ3) is 2.56. The van der Waals surface area contributed by atoms with Crippen molar-refractivity contribution in [1.82, 2.24) is 0 Å². The Hall–Kier alpha value is -1.75. The van der Waals surface area contributed by atoms with E-state index in [9.17, 15) is 0 Å². The van der Waals surface area contributed by atoms with Crippen LogP contribution < -0.4 is 16.4 Å². The number of hydrogen-bond acceptors (Lipinski definition) is 5. The van der Waals surface area contributed by atoms with Crippen LogP contribution in [-0.4, -0.2) is 18.1 Å². The van der Waals surface area contributed by atoms with E-state index in [2.05, 4.69) is 16.9 Å². The van der Waals surface area contributed by atoms with E-state index >= 15 is 0 Å². The summed E-state index contributed by atoms with van der Waals surface area (Å²) in [4.78, 5) is 10.2. The smallest absolute Gasteiger partial charge is 0.220 e. The first-order valence-electron chi connectivity index (χ1n) is 5.84. The lowest BCUT2D eigenvalue weighted by Crippen LogP contribution is -2.48. The molecule has 0 bridgehead atoms. The van der Waals surface area contributed by atoms with Crippen LogP contribution in [0.3, 0.4) is 0 Å². The Labute approximate surface area is 111 Å². The lowest BCUT2D eigenvalue weighted by atomic mass is 10.2. The van der Waals surface area contributed by atoms with Gasteiger partial charge in [-0.2, -0.15) is 4.99 Å². The second-order valence-electron chi connectivity index (χ2n) is 4.08. The van der Waals surface area contributed by atoms with Crippen LogP contribution in [0.4, 0.5) is 5.69 Å². The van der Waals surface area contributed by atoms with E-state index in [4.69, 9.17) is 23.1 Å². The van der Waals surface area contributed by atoms with Gasteiger partial charge in [0, 0.05) is 10.7 Å². The standard InChI is InChI=1S/C12H16ClN5/c1-2-4-10-16-11(14)17-12(15)18(10)9-6-3-5-8(13)7-9/h3,5-7,10H,2,4H2,1H3,(H4,14,15,16,17)/t10-/m1/s1. The number of halogens is 1. The summed E-state index contributed by atoms with van der Waals surface area (Å²) in [5.41, 5.74) is 12.5. The number of hydrogen-bond donors (Lipinski definition) is 2. The SMILES string of the molecule is CCC[C@@H]1N=C(N)N=C(N)N1c1cccc(Cl)c1. The van der Waals surface area contributed by atoms with E-state index in [0.29, 0.717) is 11.0 Å². The summed E-state index contributed by atoms with van der Waals surface area (Å²) in [7, 11) is 0. The van der Waals surface area contributed by atoms with Gasteiger partial charge in [0.05, 0.1) is 0 Å². The highest BCUT2D eigenvalue weighted by Gasteiger charge is 2.25. The van der Waals surface area contributed by atoms with Crippen molar-refractivity contribution in [2.45, 2.75) is 25.9 Å². The molecule has 1 aliphatic rings. The molecule has 4 N–H and O–H groups in total. The molecule has 0 aromatic heterocycles. The van der Waals surface area contributed by atoms with Crippen LogP contribution in [0.1, 0.15) is 19.8 Å². The summed E-state index contributed by atoms with van der Waals surface area (Å²) in [6.45, 7) is 2.09. The zero-order valence-corrected chi connectivity index (χ0v) is 10.9. The molecule has 1 heterocycles. The topological polar surface area (TPSA) is 80.0 Å². The highest BCUT2D eigenvalue weighted by molar-refractivity contribution is 6.31. The zero-order valence-electron chi connectivity index (χ0n) is 10.2. The second-order valence-corrected chi connectivity index (χ2v) is 4.51. The zero-order chi connectivity index (χ0) is 13.1. The Morgan fingerprint density at radius 1 is 1.39 bits per heavy atom. The van der Waals surface area contributed by atoms with Gasteiger partial charge in [-0.25, -0.2) is 4.99 Å². The van der Waals surface area contributed by atoms with Crippen LogP contribution in [0.5, 0.6) is 0 Å². The average Bonchev–Trinajstić information content (AvgIpc) is 2.28. The third-order valence-corrected chi connectivity index (χ3v) is 2.92. The Balaban J connectivity index is 2.37. The van der Waals surface area contributed by atoms with Crippen molar-refractivity contribution >= 4 is 29.2 Å². The molecule has 1 aromatic rings. The summed E-state index contributed by atoms with van der Waals surface area (Å²) >= 11 is 6.00. The van der Waals surface area contributed by atoms with Gasteiger partial charge in [-0.3, -0.25) is 4.90 Å². The summed E-state index contributed by atoms with van der Waals surface area (Å²) in [5.74, 6) is 0.576. The minimum Gasteiger partial charge on any atom is -0.369 e. The normalized spacial score (nSPS) is 19.4. The minimum atomic E-state index is -0.119. The van der Waals surface area contributed by atoms with Crippen molar-refractivity contribution in [3.8, 4) is 0 Å². The molecule has 6 heteroatoms. The van der Waals surface area contributed by atoms with Crippen molar-refractivity contribution in [2.24, 2.45) is 21.5 Å². The van der Waals surface area contributed by atoms with E-state index in [1.807, 2.05) is 29.2 Å². The van der Waals surface area contributed by atoms with Crippen LogP contribution in [0.25, 0.3) is 0 Å². The Morgan fingerprint density at radius 2 is 2.17 bits per heavy atom. The molecule has 0 aliphatic carbocycles. The van der Waals surface area contributed by atoms with E-state index in [0.717, 1.165) is 18.5 Å². The van der Waals surface area contributed by atoms with Gasteiger partial charge in [0.2, 0.25) is 11.9 Å². The van der Waals surface area contributed by atoms with Crippen molar-refractivity contribution < 1.29 is 0 Å². The first-order chi connectivity index (χ1) is 8.61. The van der Waals surface area contributed by atoms with Gasteiger partial charge in [0.15, 0.2) is 0 Å². The number of rotatable bonds is 3. The van der Waals surface area contributed by atoms with Crippen LogP contribution in [0, 0.1) is 0 Å². The molecule has 18 heavy (non-hydrogen) atoms. The largest absolute Gasteiger partial charge is 0.369 e. The summed E-state index contributed by atoms with van der Waals surface area (Å²) in [6, 6.07) is 7.45. The van der Waals surface area contributed by atoms with Gasteiger partial charge >= 0.3 is 0 Å². The van der Waals surface area contributed by atoms with Crippen LogP contribution in [0.15, 0.2) is 34.3 Å². The highest BCUT2D eigenvalue weighted by atomic mass is 35.5. The summed E-state index contributed by atoms with van der Waals surface area (Å²) in [5, 5.41) is 0.651.